The first kappa shape index (κ1) is 16.6. The zero-order chi connectivity index (χ0) is 15.1. The predicted molar refractivity (Wildman–Crippen MR) is 82.6 cm³/mol. The van der Waals surface area contributed by atoms with Crippen LogP contribution >= 0.6 is 11.8 Å². The highest BCUT2D eigenvalue weighted by atomic mass is 32.2. The summed E-state index contributed by atoms with van der Waals surface area (Å²) in [6.45, 7) is 4.12. The van der Waals surface area contributed by atoms with Crippen LogP contribution in [0.1, 0.15) is 41.0 Å². The number of carbonyl (C=O) groups is 2. The van der Waals surface area contributed by atoms with E-state index in [0.29, 0.717) is 5.56 Å². The summed E-state index contributed by atoms with van der Waals surface area (Å²) >= 11 is 1.85. The number of aromatic carboxylic acids is 1. The molecule has 1 aromatic carbocycles. The molecule has 1 aromatic rings. The van der Waals surface area contributed by atoms with Crippen molar-refractivity contribution in [3.63, 3.8) is 0 Å². The van der Waals surface area contributed by atoms with Crippen molar-refractivity contribution in [1.82, 2.24) is 4.90 Å². The van der Waals surface area contributed by atoms with Crippen LogP contribution in [0.25, 0.3) is 0 Å². The Morgan fingerprint density at radius 2 is 2.00 bits per heavy atom. The fourth-order valence-electron chi connectivity index (χ4n) is 1.78. The number of nitrogens with zero attached hydrogens (tertiary/aromatic N) is 1. The lowest BCUT2D eigenvalue weighted by atomic mass is 10.1. The summed E-state index contributed by atoms with van der Waals surface area (Å²) in [4.78, 5) is 24.9. The fraction of sp³-hybridized carbons (Fsp3) is 0.467. The van der Waals surface area contributed by atoms with Gasteiger partial charge in [0.15, 0.2) is 0 Å². The normalized spacial score (nSPS) is 11.9. The summed E-state index contributed by atoms with van der Waals surface area (Å²) in [6, 6.07) is 6.30. The smallest absolute Gasteiger partial charge is 0.335 e. The Hall–Kier alpha value is -1.49. The number of rotatable bonds is 7. The van der Waals surface area contributed by atoms with Crippen LogP contribution < -0.4 is 0 Å². The van der Waals surface area contributed by atoms with Gasteiger partial charge in [-0.2, -0.15) is 11.8 Å². The Labute approximate surface area is 124 Å². The van der Waals surface area contributed by atoms with Gasteiger partial charge in [0, 0.05) is 18.7 Å². The van der Waals surface area contributed by atoms with Crippen molar-refractivity contribution in [3.8, 4) is 0 Å². The van der Waals surface area contributed by atoms with E-state index in [-0.39, 0.29) is 17.5 Å². The van der Waals surface area contributed by atoms with E-state index in [1.54, 1.807) is 24.1 Å². The third-order valence-electron chi connectivity index (χ3n) is 3.22. The molecule has 4 nitrogen and oxygen atoms in total. The predicted octanol–water partition coefficient (Wildman–Crippen LogP) is 2.99. The highest BCUT2D eigenvalue weighted by molar-refractivity contribution is 7.99. The van der Waals surface area contributed by atoms with Crippen LogP contribution in [0.2, 0.25) is 0 Å². The van der Waals surface area contributed by atoms with Crippen LogP contribution in [0.15, 0.2) is 24.3 Å². The second-order valence-corrected chi connectivity index (χ2v) is 6.03. The molecule has 1 amide bonds. The van der Waals surface area contributed by atoms with E-state index in [9.17, 15) is 9.59 Å². The molecule has 0 aliphatic heterocycles. The molecule has 0 spiro atoms. The average Bonchev–Trinajstić information content (AvgIpc) is 2.45. The van der Waals surface area contributed by atoms with E-state index in [1.165, 1.54) is 12.1 Å². The summed E-state index contributed by atoms with van der Waals surface area (Å²) in [5.41, 5.74) is 0.556. The van der Waals surface area contributed by atoms with Crippen molar-refractivity contribution in [2.45, 2.75) is 26.3 Å². The summed E-state index contributed by atoms with van der Waals surface area (Å²) in [7, 11) is 1.76. The lowest BCUT2D eigenvalue weighted by Crippen LogP contribution is -2.35. The van der Waals surface area contributed by atoms with E-state index in [1.807, 2.05) is 18.7 Å². The largest absolute Gasteiger partial charge is 0.478 e. The molecule has 0 saturated carbocycles. The molecule has 0 saturated heterocycles. The molecule has 0 heterocycles. The number of amides is 1. The van der Waals surface area contributed by atoms with Crippen molar-refractivity contribution in [2.24, 2.45) is 0 Å². The molecule has 0 radical (unpaired) electrons. The summed E-state index contributed by atoms with van der Waals surface area (Å²) in [5, 5.41) is 8.95. The zero-order valence-corrected chi connectivity index (χ0v) is 12.9. The van der Waals surface area contributed by atoms with Gasteiger partial charge >= 0.3 is 5.97 Å². The van der Waals surface area contributed by atoms with Crippen LogP contribution in [0.5, 0.6) is 0 Å². The molecule has 110 valence electrons. The number of hydrogen-bond acceptors (Lipinski definition) is 3. The highest BCUT2D eigenvalue weighted by Gasteiger charge is 2.18. The number of thioether (sulfide) groups is 1. The van der Waals surface area contributed by atoms with Gasteiger partial charge in [0.2, 0.25) is 0 Å². The molecule has 1 atom stereocenters. The topological polar surface area (TPSA) is 57.6 Å². The molecule has 0 aromatic heterocycles. The second-order valence-electron chi connectivity index (χ2n) is 4.64. The maximum absolute atomic E-state index is 12.3. The molecule has 1 N–H and O–H groups in total. The summed E-state index contributed by atoms with van der Waals surface area (Å²) in [6.07, 6.45) is 0.930. The number of carbonyl (C=O) groups excluding carboxylic acids is 1. The molecule has 0 aliphatic rings. The number of carboxylic acids is 1. The minimum absolute atomic E-state index is 0.134. The van der Waals surface area contributed by atoms with Crippen LogP contribution in [0.3, 0.4) is 0 Å². The Balaban J connectivity index is 2.73. The third-order valence-corrected chi connectivity index (χ3v) is 4.15. The molecule has 1 rings (SSSR count). The van der Waals surface area contributed by atoms with E-state index < -0.39 is 5.97 Å². The highest BCUT2D eigenvalue weighted by Crippen LogP contribution is 2.13. The first-order valence-electron chi connectivity index (χ1n) is 6.65. The number of benzene rings is 1. The monoisotopic (exact) mass is 295 g/mol. The molecule has 0 fully saturated rings. The zero-order valence-electron chi connectivity index (χ0n) is 12.1. The Morgan fingerprint density at radius 3 is 2.60 bits per heavy atom. The Kier molecular flexibility index (Phi) is 6.58. The molecular formula is C15H21NO3S. The SMILES string of the molecule is CCSCCC(C)N(C)C(=O)c1cccc(C(=O)O)c1. The number of hydrogen-bond donors (Lipinski definition) is 1. The molecule has 0 aliphatic carbocycles. The molecule has 1 unspecified atom stereocenters. The van der Waals surface area contributed by atoms with Crippen molar-refractivity contribution in [1.29, 1.82) is 0 Å². The van der Waals surface area contributed by atoms with Crippen LogP contribution in [0, 0.1) is 0 Å². The van der Waals surface area contributed by atoms with Crippen LogP contribution in [-0.2, 0) is 0 Å². The Morgan fingerprint density at radius 1 is 1.35 bits per heavy atom. The molecule has 20 heavy (non-hydrogen) atoms. The number of carboxylic acid groups (broad SMARTS) is 1. The second kappa shape index (κ2) is 7.94. The van der Waals surface area contributed by atoms with Gasteiger partial charge in [-0.05, 0) is 43.0 Å². The van der Waals surface area contributed by atoms with Gasteiger partial charge < -0.3 is 10.0 Å². The third kappa shape index (κ3) is 4.56. The van der Waals surface area contributed by atoms with E-state index in [4.69, 9.17) is 5.11 Å². The van der Waals surface area contributed by atoms with Gasteiger partial charge in [0.05, 0.1) is 5.56 Å². The lowest BCUT2D eigenvalue weighted by Gasteiger charge is -2.25. The molecule has 0 bridgehead atoms. The van der Waals surface area contributed by atoms with Gasteiger partial charge in [0.25, 0.3) is 5.91 Å². The molecular weight excluding hydrogens is 274 g/mol. The molecule has 5 heteroatoms. The van der Waals surface area contributed by atoms with Gasteiger partial charge in [0.1, 0.15) is 0 Å². The van der Waals surface area contributed by atoms with Gasteiger partial charge in [-0.15, -0.1) is 0 Å². The fourth-order valence-corrected chi connectivity index (χ4v) is 2.58. The quantitative estimate of drug-likeness (QED) is 0.786. The van der Waals surface area contributed by atoms with Gasteiger partial charge in [-0.25, -0.2) is 4.79 Å². The van der Waals surface area contributed by atoms with Gasteiger partial charge in [-0.3, -0.25) is 4.79 Å². The lowest BCUT2D eigenvalue weighted by molar-refractivity contribution is 0.0697. The van der Waals surface area contributed by atoms with E-state index in [2.05, 4.69) is 6.92 Å². The van der Waals surface area contributed by atoms with Crippen molar-refractivity contribution in [3.05, 3.63) is 35.4 Å². The van der Waals surface area contributed by atoms with Gasteiger partial charge in [-0.1, -0.05) is 13.0 Å². The minimum atomic E-state index is -1.02. The standard InChI is InChI=1S/C15H21NO3S/c1-4-20-9-8-11(2)16(3)14(17)12-6-5-7-13(10-12)15(18)19/h5-7,10-11H,4,8-9H2,1-3H3,(H,18,19). The minimum Gasteiger partial charge on any atom is -0.478 e. The van der Waals surface area contributed by atoms with Crippen molar-refractivity contribution >= 4 is 23.6 Å². The van der Waals surface area contributed by atoms with Crippen LogP contribution in [0.4, 0.5) is 0 Å². The van der Waals surface area contributed by atoms with Crippen LogP contribution in [-0.4, -0.2) is 46.5 Å². The summed E-state index contributed by atoms with van der Waals surface area (Å²) in [5.74, 6) is 0.937. The van der Waals surface area contributed by atoms with Crippen molar-refractivity contribution in [2.75, 3.05) is 18.6 Å². The Bertz CT molecular complexity index is 476. The first-order valence-corrected chi connectivity index (χ1v) is 7.81. The van der Waals surface area contributed by atoms with E-state index in [0.717, 1.165) is 17.9 Å². The maximum Gasteiger partial charge on any atom is 0.335 e. The maximum atomic E-state index is 12.3. The average molecular weight is 295 g/mol. The van der Waals surface area contributed by atoms with E-state index >= 15 is 0 Å². The summed E-state index contributed by atoms with van der Waals surface area (Å²) < 4.78 is 0. The first-order chi connectivity index (χ1) is 9.47. The van der Waals surface area contributed by atoms with Crippen molar-refractivity contribution < 1.29 is 14.7 Å².